The zero-order valence-electron chi connectivity index (χ0n) is 19.1. The van der Waals surface area contributed by atoms with E-state index in [4.69, 9.17) is 9.90 Å². The Hall–Kier alpha value is -3.44. The molecule has 1 saturated carbocycles. The van der Waals surface area contributed by atoms with Crippen LogP contribution < -0.4 is 0 Å². The molecule has 12 heteroatoms. The molecule has 1 amide bonds. The molecule has 0 atom stereocenters. The highest BCUT2D eigenvalue weighted by Gasteiger charge is 2.38. The van der Waals surface area contributed by atoms with Gasteiger partial charge in [0.15, 0.2) is 0 Å². The van der Waals surface area contributed by atoms with Gasteiger partial charge in [-0.3, -0.25) is 4.79 Å². The van der Waals surface area contributed by atoms with Gasteiger partial charge in [0.05, 0.1) is 11.7 Å². The number of carboxylic acid groups (broad SMARTS) is 1. The van der Waals surface area contributed by atoms with Crippen LogP contribution in [0.5, 0.6) is 0 Å². The summed E-state index contributed by atoms with van der Waals surface area (Å²) in [5.74, 6) is -2.16. The van der Waals surface area contributed by atoms with Crippen LogP contribution in [0.4, 0.5) is 13.2 Å². The van der Waals surface area contributed by atoms with E-state index in [-0.39, 0.29) is 5.91 Å². The molecular formula is C23H27F3N6O3. The predicted molar refractivity (Wildman–Crippen MR) is 119 cm³/mol. The Kier molecular flexibility index (Phi) is 7.37. The summed E-state index contributed by atoms with van der Waals surface area (Å²) in [6.45, 7) is 1.46. The second kappa shape index (κ2) is 10.4. The molecule has 4 heterocycles. The Bertz CT molecular complexity index is 1130. The molecule has 3 aromatic heterocycles. The number of carbonyl (C=O) groups is 2. The van der Waals surface area contributed by atoms with Crippen molar-refractivity contribution in [2.45, 2.75) is 63.1 Å². The molecule has 0 bridgehead atoms. The monoisotopic (exact) mass is 492 g/mol. The molecule has 1 saturated heterocycles. The number of carboxylic acids is 1. The minimum Gasteiger partial charge on any atom is -0.475 e. The van der Waals surface area contributed by atoms with Gasteiger partial charge < -0.3 is 14.4 Å². The van der Waals surface area contributed by atoms with Gasteiger partial charge in [0.25, 0.3) is 5.91 Å². The minimum absolute atomic E-state index is 0.0173. The predicted octanol–water partition coefficient (Wildman–Crippen LogP) is 4.08. The van der Waals surface area contributed by atoms with Gasteiger partial charge in [0.1, 0.15) is 11.3 Å². The van der Waals surface area contributed by atoms with E-state index in [2.05, 4.69) is 21.5 Å². The van der Waals surface area contributed by atoms with E-state index in [1.807, 2.05) is 44.6 Å². The van der Waals surface area contributed by atoms with Gasteiger partial charge in [-0.15, -0.1) is 5.10 Å². The maximum Gasteiger partial charge on any atom is 0.490 e. The Morgan fingerprint density at radius 2 is 1.69 bits per heavy atom. The van der Waals surface area contributed by atoms with Crippen LogP contribution in [0.15, 0.2) is 36.8 Å². The fourth-order valence-electron chi connectivity index (χ4n) is 4.59. The van der Waals surface area contributed by atoms with Crippen LogP contribution in [0.3, 0.4) is 0 Å². The number of piperidine rings is 1. The number of fused-ring (bicyclic) bond motifs is 1. The van der Waals surface area contributed by atoms with Crippen LogP contribution in [-0.2, 0) is 4.79 Å². The number of aromatic nitrogens is 5. The first kappa shape index (κ1) is 24.7. The molecule has 5 rings (SSSR count). The van der Waals surface area contributed by atoms with Crippen LogP contribution >= 0.6 is 0 Å². The second-order valence-corrected chi connectivity index (χ2v) is 8.88. The molecule has 0 aromatic carbocycles. The molecule has 188 valence electrons. The van der Waals surface area contributed by atoms with Crippen LogP contribution in [0.1, 0.15) is 73.1 Å². The first-order chi connectivity index (χ1) is 16.7. The summed E-state index contributed by atoms with van der Waals surface area (Å²) in [4.78, 5) is 28.1. The largest absolute Gasteiger partial charge is 0.490 e. The number of nitrogens with zero attached hydrogens (tertiary/aromatic N) is 6. The number of alkyl halides is 3. The fourth-order valence-corrected chi connectivity index (χ4v) is 4.59. The third-order valence-corrected chi connectivity index (χ3v) is 6.50. The molecule has 35 heavy (non-hydrogen) atoms. The number of halogens is 3. The van der Waals surface area contributed by atoms with Crippen molar-refractivity contribution in [3.05, 3.63) is 48.2 Å². The molecule has 2 aliphatic rings. The Morgan fingerprint density at radius 3 is 2.31 bits per heavy atom. The number of amides is 1. The number of likely N-dealkylation sites (tertiary alicyclic amines) is 1. The lowest BCUT2D eigenvalue weighted by atomic mass is 9.87. The van der Waals surface area contributed by atoms with Crippen molar-refractivity contribution in [2.24, 2.45) is 0 Å². The summed E-state index contributed by atoms with van der Waals surface area (Å²) in [7, 11) is 0. The molecular weight excluding hydrogens is 465 g/mol. The van der Waals surface area contributed by atoms with Crippen molar-refractivity contribution >= 4 is 17.5 Å². The lowest BCUT2D eigenvalue weighted by molar-refractivity contribution is -0.192. The Labute approximate surface area is 199 Å². The van der Waals surface area contributed by atoms with Crippen LogP contribution in [0.2, 0.25) is 0 Å². The van der Waals surface area contributed by atoms with Crippen molar-refractivity contribution in [3.8, 4) is 0 Å². The fraction of sp³-hybridized carbons (Fsp3) is 0.522. The lowest BCUT2D eigenvalue weighted by Crippen LogP contribution is -2.39. The van der Waals surface area contributed by atoms with E-state index in [1.165, 1.54) is 32.1 Å². The summed E-state index contributed by atoms with van der Waals surface area (Å²) >= 11 is 0. The molecule has 9 nitrogen and oxygen atoms in total. The van der Waals surface area contributed by atoms with Crippen molar-refractivity contribution < 1.29 is 27.9 Å². The number of imidazole rings is 1. The molecule has 0 spiro atoms. The first-order valence-corrected chi connectivity index (χ1v) is 11.7. The highest BCUT2D eigenvalue weighted by molar-refractivity contribution is 5.93. The average molecular weight is 493 g/mol. The number of hydrogen-bond donors (Lipinski definition) is 1. The summed E-state index contributed by atoms with van der Waals surface area (Å²) in [6.07, 6.45) is 9.07. The van der Waals surface area contributed by atoms with E-state index in [9.17, 15) is 18.0 Å². The van der Waals surface area contributed by atoms with Gasteiger partial charge in [-0.05, 0) is 37.8 Å². The minimum atomic E-state index is -5.08. The van der Waals surface area contributed by atoms with E-state index in [0.717, 1.165) is 37.3 Å². The topological polar surface area (TPSA) is 106 Å². The second-order valence-electron chi connectivity index (χ2n) is 8.88. The standard InChI is InChI=1S/C21H26N6O.C2HF3O2/c28-21(19-14-26-11-5-4-8-20(26)22-19)25-12-9-17(10-13-25)27-15-18(23-24-27)16-6-2-1-3-7-16;3-2(4,5)1(6)7/h4-5,8,11,14-17H,1-3,6-7,9-10,12-13H2;(H,6,7). The normalized spacial score (nSPS) is 17.7. The maximum absolute atomic E-state index is 12.8. The highest BCUT2D eigenvalue weighted by Crippen LogP contribution is 2.32. The van der Waals surface area contributed by atoms with Crippen molar-refractivity contribution in [1.82, 2.24) is 29.3 Å². The number of pyridine rings is 1. The zero-order chi connectivity index (χ0) is 25.0. The van der Waals surface area contributed by atoms with Gasteiger partial charge in [0, 0.05) is 37.6 Å². The number of rotatable bonds is 3. The van der Waals surface area contributed by atoms with Gasteiger partial charge >= 0.3 is 12.1 Å². The van der Waals surface area contributed by atoms with Crippen molar-refractivity contribution in [2.75, 3.05) is 13.1 Å². The van der Waals surface area contributed by atoms with E-state index in [1.54, 1.807) is 0 Å². The van der Waals surface area contributed by atoms with Crippen molar-refractivity contribution in [1.29, 1.82) is 0 Å². The third-order valence-electron chi connectivity index (χ3n) is 6.50. The quantitative estimate of drug-likeness (QED) is 0.591. The summed E-state index contributed by atoms with van der Waals surface area (Å²) in [6, 6.07) is 6.11. The number of carbonyl (C=O) groups excluding carboxylic acids is 1. The van der Waals surface area contributed by atoms with E-state index < -0.39 is 12.1 Å². The van der Waals surface area contributed by atoms with Crippen LogP contribution in [-0.4, -0.2) is 65.5 Å². The summed E-state index contributed by atoms with van der Waals surface area (Å²) in [5, 5.41) is 16.0. The zero-order valence-corrected chi connectivity index (χ0v) is 19.1. The SMILES string of the molecule is O=C(O)C(F)(F)F.O=C(c1cn2ccccc2n1)N1CCC(n2cc(C3CCCCC3)nn2)CC1. The first-order valence-electron chi connectivity index (χ1n) is 11.7. The molecule has 0 unspecified atom stereocenters. The molecule has 2 fully saturated rings. The van der Waals surface area contributed by atoms with Crippen LogP contribution in [0.25, 0.3) is 5.65 Å². The van der Waals surface area contributed by atoms with Gasteiger partial charge in [-0.25, -0.2) is 14.5 Å². The highest BCUT2D eigenvalue weighted by atomic mass is 19.4. The average Bonchev–Trinajstić information content (AvgIpc) is 3.52. The Balaban J connectivity index is 0.000000364. The summed E-state index contributed by atoms with van der Waals surface area (Å²) < 4.78 is 35.7. The molecule has 1 aliphatic heterocycles. The molecule has 3 aromatic rings. The lowest BCUT2D eigenvalue weighted by Gasteiger charge is -2.31. The maximum atomic E-state index is 12.8. The Morgan fingerprint density at radius 1 is 1.00 bits per heavy atom. The van der Waals surface area contributed by atoms with E-state index >= 15 is 0 Å². The van der Waals surface area contributed by atoms with E-state index in [0.29, 0.717) is 17.7 Å². The third kappa shape index (κ3) is 5.98. The molecule has 1 aliphatic carbocycles. The van der Waals surface area contributed by atoms with Gasteiger partial charge in [-0.1, -0.05) is 30.5 Å². The van der Waals surface area contributed by atoms with Crippen LogP contribution in [0, 0.1) is 0 Å². The van der Waals surface area contributed by atoms with Gasteiger partial charge in [-0.2, -0.15) is 13.2 Å². The van der Waals surface area contributed by atoms with Gasteiger partial charge in [0.2, 0.25) is 0 Å². The smallest absolute Gasteiger partial charge is 0.475 e. The number of hydrogen-bond acceptors (Lipinski definition) is 5. The summed E-state index contributed by atoms with van der Waals surface area (Å²) in [5.41, 5.74) is 2.48. The molecule has 0 radical (unpaired) electrons. The number of aliphatic carboxylic acids is 1. The van der Waals surface area contributed by atoms with Crippen molar-refractivity contribution in [3.63, 3.8) is 0 Å². The molecule has 1 N–H and O–H groups in total.